The number of ether oxygens (including phenoxy) is 1. The lowest BCUT2D eigenvalue weighted by atomic mass is 10.1. The van der Waals surface area contributed by atoms with E-state index in [0.29, 0.717) is 17.9 Å². The topological polar surface area (TPSA) is 61.2 Å². The Balaban J connectivity index is 2.52. The van der Waals surface area contributed by atoms with Crippen LogP contribution < -0.4 is 4.74 Å². The summed E-state index contributed by atoms with van der Waals surface area (Å²) >= 11 is 0. The number of rotatable bonds is 4. The molecule has 6 heteroatoms. The number of aromatic nitrogens is 2. The average Bonchev–Trinajstić information content (AvgIpc) is 2.85. The molecule has 0 fully saturated rings. The van der Waals surface area contributed by atoms with E-state index in [-0.39, 0.29) is 4.90 Å². The maximum Gasteiger partial charge on any atom is 0.282 e. The summed E-state index contributed by atoms with van der Waals surface area (Å²) in [4.78, 5) is 0.216. The quantitative estimate of drug-likeness (QED) is 0.859. The van der Waals surface area contributed by atoms with Crippen molar-refractivity contribution in [3.63, 3.8) is 0 Å². The Morgan fingerprint density at radius 2 is 2.05 bits per heavy atom. The molecule has 19 heavy (non-hydrogen) atoms. The van der Waals surface area contributed by atoms with Crippen LogP contribution in [0.1, 0.15) is 18.2 Å². The van der Waals surface area contributed by atoms with Gasteiger partial charge in [-0.15, -0.1) is 0 Å². The van der Waals surface area contributed by atoms with Crippen LogP contribution >= 0.6 is 0 Å². The lowest BCUT2D eigenvalue weighted by Crippen LogP contribution is -2.14. The molecule has 0 bridgehead atoms. The highest BCUT2D eigenvalue weighted by Crippen LogP contribution is 2.24. The smallest absolute Gasteiger partial charge is 0.282 e. The number of nitrogens with zero attached hydrogens (tertiary/aromatic N) is 2. The summed E-state index contributed by atoms with van der Waals surface area (Å²) in [7, 11) is -2.06. The summed E-state index contributed by atoms with van der Waals surface area (Å²) in [6.07, 6.45) is 2.14. The highest BCUT2D eigenvalue weighted by Gasteiger charge is 2.19. The minimum Gasteiger partial charge on any atom is -0.496 e. The van der Waals surface area contributed by atoms with Gasteiger partial charge in [0, 0.05) is 6.20 Å². The predicted octanol–water partition coefficient (Wildman–Crippen LogP) is 2.00. The van der Waals surface area contributed by atoms with E-state index in [1.807, 2.05) is 6.92 Å². The van der Waals surface area contributed by atoms with Gasteiger partial charge in [0.1, 0.15) is 5.75 Å². The molecule has 1 heterocycles. The third kappa shape index (κ3) is 2.49. The molecule has 0 N–H and O–H groups in total. The first kappa shape index (κ1) is 13.6. The first-order chi connectivity index (χ1) is 8.98. The number of methoxy groups -OCH3 is 1. The fraction of sp³-hybridized carbons (Fsp3) is 0.308. The fourth-order valence-corrected chi connectivity index (χ4v) is 3.03. The number of benzene rings is 1. The molecule has 1 aromatic heterocycles. The molecular formula is C13H16N2O3S. The maximum atomic E-state index is 12.4. The third-order valence-corrected chi connectivity index (χ3v) is 4.42. The maximum absolute atomic E-state index is 12.4. The van der Waals surface area contributed by atoms with Crippen molar-refractivity contribution in [3.05, 3.63) is 41.7 Å². The molecule has 0 spiro atoms. The normalized spacial score (nSPS) is 11.5. The van der Waals surface area contributed by atoms with E-state index < -0.39 is 10.0 Å². The summed E-state index contributed by atoms with van der Waals surface area (Å²) < 4.78 is 30.9. The molecule has 0 radical (unpaired) electrons. The Hall–Kier alpha value is -1.82. The minimum atomic E-state index is -3.63. The minimum absolute atomic E-state index is 0.216. The van der Waals surface area contributed by atoms with E-state index in [4.69, 9.17) is 4.74 Å². The Labute approximate surface area is 112 Å². The first-order valence-corrected chi connectivity index (χ1v) is 7.37. The summed E-state index contributed by atoms with van der Waals surface area (Å²) in [5.74, 6) is 0.693. The average molecular weight is 280 g/mol. The van der Waals surface area contributed by atoms with Crippen LogP contribution in [0.2, 0.25) is 0 Å². The molecule has 5 nitrogen and oxygen atoms in total. The van der Waals surface area contributed by atoms with E-state index in [0.717, 1.165) is 9.65 Å². The molecule has 0 saturated carbocycles. The third-order valence-electron chi connectivity index (χ3n) is 2.88. The van der Waals surface area contributed by atoms with E-state index in [9.17, 15) is 8.42 Å². The highest BCUT2D eigenvalue weighted by molar-refractivity contribution is 7.89. The number of hydrogen-bond donors (Lipinski definition) is 0. The van der Waals surface area contributed by atoms with Crippen LogP contribution in [0.4, 0.5) is 0 Å². The molecule has 2 rings (SSSR count). The summed E-state index contributed by atoms with van der Waals surface area (Å²) in [6, 6.07) is 6.49. The molecule has 0 aliphatic heterocycles. The lowest BCUT2D eigenvalue weighted by Gasteiger charge is -2.10. The predicted molar refractivity (Wildman–Crippen MR) is 71.9 cm³/mol. The Kier molecular flexibility index (Phi) is 3.61. The van der Waals surface area contributed by atoms with Gasteiger partial charge in [0.2, 0.25) is 0 Å². The molecule has 0 unspecified atom stereocenters. The van der Waals surface area contributed by atoms with Gasteiger partial charge < -0.3 is 4.74 Å². The molecule has 0 amide bonds. The second-order valence-electron chi connectivity index (χ2n) is 4.16. The summed E-state index contributed by atoms with van der Waals surface area (Å²) in [5, 5.41) is 3.95. The van der Waals surface area contributed by atoms with Gasteiger partial charge >= 0.3 is 0 Å². The first-order valence-electron chi connectivity index (χ1n) is 5.93. The Morgan fingerprint density at radius 3 is 2.58 bits per heavy atom. The molecule has 0 aliphatic carbocycles. The standard InChI is InChI=1S/C13H16N2O3S/c1-4-11-9-12(5-6-13(11)18-3)19(16,17)15-8-7-10(2)14-15/h5-9H,4H2,1-3H3. The van der Waals surface area contributed by atoms with Gasteiger partial charge in [-0.25, -0.2) is 0 Å². The monoisotopic (exact) mass is 280 g/mol. The van der Waals surface area contributed by atoms with Crippen molar-refractivity contribution in [3.8, 4) is 5.75 Å². The van der Waals surface area contributed by atoms with E-state index in [2.05, 4.69) is 5.10 Å². The molecule has 2 aromatic rings. The number of aryl methyl sites for hydroxylation is 2. The van der Waals surface area contributed by atoms with Crippen molar-refractivity contribution in [1.29, 1.82) is 0 Å². The van der Waals surface area contributed by atoms with E-state index in [1.165, 1.54) is 12.3 Å². The Bertz CT molecular complexity index is 690. The van der Waals surface area contributed by atoms with Crippen molar-refractivity contribution in [1.82, 2.24) is 9.19 Å². The lowest BCUT2D eigenvalue weighted by molar-refractivity contribution is 0.409. The fourth-order valence-electron chi connectivity index (χ4n) is 1.83. The van der Waals surface area contributed by atoms with Crippen LogP contribution in [0.3, 0.4) is 0 Å². The summed E-state index contributed by atoms with van der Waals surface area (Å²) in [6.45, 7) is 3.70. The van der Waals surface area contributed by atoms with Gasteiger partial charge in [0.05, 0.1) is 17.7 Å². The molecule has 0 aliphatic rings. The van der Waals surface area contributed by atoms with Crippen molar-refractivity contribution in [2.45, 2.75) is 25.2 Å². The van der Waals surface area contributed by atoms with Gasteiger partial charge in [-0.2, -0.15) is 17.6 Å². The zero-order valence-corrected chi connectivity index (χ0v) is 11.9. The van der Waals surface area contributed by atoms with Crippen molar-refractivity contribution in [2.75, 3.05) is 7.11 Å². The SMILES string of the molecule is CCc1cc(S(=O)(=O)n2ccc(C)n2)ccc1OC. The van der Waals surface area contributed by atoms with Crippen LogP contribution in [0, 0.1) is 6.92 Å². The second kappa shape index (κ2) is 5.05. The summed E-state index contributed by atoms with van der Waals surface area (Å²) in [5.41, 5.74) is 1.51. The van der Waals surface area contributed by atoms with Crippen LogP contribution in [0.25, 0.3) is 0 Å². The van der Waals surface area contributed by atoms with Crippen LogP contribution in [-0.2, 0) is 16.4 Å². The van der Waals surface area contributed by atoms with Crippen molar-refractivity contribution >= 4 is 10.0 Å². The van der Waals surface area contributed by atoms with Crippen LogP contribution in [-0.4, -0.2) is 24.7 Å². The Morgan fingerprint density at radius 1 is 1.32 bits per heavy atom. The largest absolute Gasteiger partial charge is 0.496 e. The van der Waals surface area contributed by atoms with E-state index in [1.54, 1.807) is 32.2 Å². The van der Waals surface area contributed by atoms with Crippen molar-refractivity contribution in [2.24, 2.45) is 0 Å². The van der Waals surface area contributed by atoms with Crippen molar-refractivity contribution < 1.29 is 13.2 Å². The molecular weight excluding hydrogens is 264 g/mol. The van der Waals surface area contributed by atoms with Crippen LogP contribution in [0.5, 0.6) is 5.75 Å². The van der Waals surface area contributed by atoms with Gasteiger partial charge in [0.25, 0.3) is 10.0 Å². The zero-order chi connectivity index (χ0) is 14.0. The van der Waals surface area contributed by atoms with E-state index >= 15 is 0 Å². The molecule has 1 aromatic carbocycles. The molecule has 102 valence electrons. The van der Waals surface area contributed by atoms with Gasteiger partial charge in [-0.1, -0.05) is 6.92 Å². The molecule has 0 atom stereocenters. The number of hydrogen-bond acceptors (Lipinski definition) is 4. The zero-order valence-electron chi connectivity index (χ0n) is 11.1. The van der Waals surface area contributed by atoms with Crippen LogP contribution in [0.15, 0.2) is 35.4 Å². The van der Waals surface area contributed by atoms with Gasteiger partial charge in [-0.05, 0) is 43.2 Å². The highest BCUT2D eigenvalue weighted by atomic mass is 32.2. The van der Waals surface area contributed by atoms with Gasteiger partial charge in [-0.3, -0.25) is 0 Å². The second-order valence-corrected chi connectivity index (χ2v) is 5.96. The molecule has 0 saturated heterocycles. The van der Waals surface area contributed by atoms with Gasteiger partial charge in [0.15, 0.2) is 0 Å².